The number of rotatable bonds is 3. The van der Waals surface area contributed by atoms with Gasteiger partial charge in [0, 0.05) is 31.8 Å². The molecule has 0 heterocycles. The summed E-state index contributed by atoms with van der Waals surface area (Å²) in [6.07, 6.45) is 1.54. The molecule has 5 atom stereocenters. The van der Waals surface area contributed by atoms with Gasteiger partial charge in [0.05, 0.1) is 15.5 Å². The Morgan fingerprint density at radius 1 is 1.23 bits per heavy atom. The number of benzene rings is 1. The zero-order chi connectivity index (χ0) is 16.0. The highest BCUT2D eigenvalue weighted by Crippen LogP contribution is 2.54. The van der Waals surface area contributed by atoms with E-state index in [1.54, 1.807) is 0 Å². The third-order valence-electron chi connectivity index (χ3n) is 3.99. The third kappa shape index (κ3) is 2.75. The minimum Gasteiger partial charge on any atom is -0.453 e. The number of allylic oxidation sites excluding steroid dienone is 1. The average molecular weight is 545 g/mol. The number of hydrogen-bond acceptors (Lipinski definition) is 4. The summed E-state index contributed by atoms with van der Waals surface area (Å²) in [5.41, 5.74) is 0.222. The molecule has 1 fully saturated rings. The number of nitro groups is 1. The van der Waals surface area contributed by atoms with E-state index < -0.39 is 17.0 Å². The Labute approximate surface area is 158 Å². The standard InChI is InChI=1S/C14H10ClI2NO4/c15-9-5-8-11(16)10(12(8)17)13(9)22-14(19)6-1-3-7(4-2-6)18(20)21/h1-5,8,10-13H/t8?,10?,11-,12?,13+/m1/s1. The predicted octanol–water partition coefficient (Wildman–Crippen LogP) is 4.11. The first-order valence-electron chi connectivity index (χ1n) is 6.51. The molecule has 1 aromatic carbocycles. The van der Waals surface area contributed by atoms with E-state index in [0.717, 1.165) is 0 Å². The molecule has 0 amide bonds. The van der Waals surface area contributed by atoms with Crippen LogP contribution in [0.4, 0.5) is 5.69 Å². The largest absolute Gasteiger partial charge is 0.453 e. The molecule has 0 N–H and O–H groups in total. The number of ether oxygens (including phenoxy) is 1. The number of nitrogens with zero attached hydrogens (tertiary/aromatic N) is 1. The van der Waals surface area contributed by atoms with Crippen LogP contribution >= 0.6 is 56.8 Å². The lowest BCUT2D eigenvalue weighted by Gasteiger charge is -2.52. The summed E-state index contributed by atoms with van der Waals surface area (Å²) >= 11 is 11.0. The molecule has 8 heteroatoms. The average Bonchev–Trinajstić information content (AvgIpc) is 2.50. The van der Waals surface area contributed by atoms with Gasteiger partial charge in [-0.25, -0.2) is 4.79 Å². The van der Waals surface area contributed by atoms with Crippen molar-refractivity contribution < 1.29 is 14.5 Å². The van der Waals surface area contributed by atoms with Crippen molar-refractivity contribution in [3.63, 3.8) is 0 Å². The smallest absolute Gasteiger partial charge is 0.338 e. The summed E-state index contributed by atoms with van der Waals surface area (Å²) in [7, 11) is 0. The van der Waals surface area contributed by atoms with Gasteiger partial charge in [0.1, 0.15) is 6.10 Å². The van der Waals surface area contributed by atoms with Gasteiger partial charge in [-0.15, -0.1) is 0 Å². The van der Waals surface area contributed by atoms with Crippen molar-refractivity contribution in [3.8, 4) is 0 Å². The van der Waals surface area contributed by atoms with Crippen molar-refractivity contribution in [2.24, 2.45) is 11.8 Å². The van der Waals surface area contributed by atoms with E-state index in [2.05, 4.69) is 45.2 Å². The summed E-state index contributed by atoms with van der Waals surface area (Å²) in [6.45, 7) is 0. The number of nitro benzene ring substituents is 1. The van der Waals surface area contributed by atoms with Gasteiger partial charge >= 0.3 is 5.97 Å². The van der Waals surface area contributed by atoms with E-state index in [1.165, 1.54) is 24.3 Å². The lowest BCUT2D eigenvalue weighted by molar-refractivity contribution is -0.384. The number of hydrogen-bond donors (Lipinski definition) is 0. The van der Waals surface area contributed by atoms with Gasteiger partial charge in [0.15, 0.2) is 0 Å². The van der Waals surface area contributed by atoms with E-state index in [0.29, 0.717) is 18.8 Å². The number of esters is 1. The van der Waals surface area contributed by atoms with Gasteiger partial charge in [-0.3, -0.25) is 10.1 Å². The lowest BCUT2D eigenvalue weighted by atomic mass is 9.67. The van der Waals surface area contributed by atoms with Crippen molar-refractivity contribution in [3.05, 3.63) is 51.1 Å². The van der Waals surface area contributed by atoms with Gasteiger partial charge in [-0.05, 0) is 12.1 Å². The fraction of sp³-hybridized carbons (Fsp3) is 0.357. The molecule has 2 bridgehead atoms. The summed E-state index contributed by atoms with van der Waals surface area (Å²) in [4.78, 5) is 22.3. The highest BCUT2D eigenvalue weighted by Gasteiger charge is 2.56. The second kappa shape index (κ2) is 6.23. The summed E-state index contributed by atoms with van der Waals surface area (Å²) in [5.74, 6) is 0.141. The second-order valence-electron chi connectivity index (χ2n) is 5.22. The molecule has 1 saturated carbocycles. The van der Waals surface area contributed by atoms with Gasteiger partial charge in [0.25, 0.3) is 5.69 Å². The van der Waals surface area contributed by atoms with Crippen LogP contribution in [0.2, 0.25) is 0 Å². The van der Waals surface area contributed by atoms with Crippen LogP contribution in [0.1, 0.15) is 10.4 Å². The molecule has 4 rings (SSSR count). The molecule has 116 valence electrons. The van der Waals surface area contributed by atoms with E-state index >= 15 is 0 Å². The van der Waals surface area contributed by atoms with Crippen LogP contribution in [-0.2, 0) is 4.74 Å². The first kappa shape index (κ1) is 16.4. The molecule has 5 nitrogen and oxygen atoms in total. The molecule has 0 saturated heterocycles. The van der Waals surface area contributed by atoms with Gasteiger partial charge < -0.3 is 4.74 Å². The summed E-state index contributed by atoms with van der Waals surface area (Å²) in [6, 6.07) is 5.37. The molecule has 0 aliphatic heterocycles. The fourth-order valence-electron chi connectivity index (χ4n) is 2.74. The van der Waals surface area contributed by atoms with Gasteiger partial charge in [-0.2, -0.15) is 0 Å². The first-order valence-corrected chi connectivity index (χ1v) is 9.38. The molecule has 1 aromatic rings. The van der Waals surface area contributed by atoms with Gasteiger partial charge in [0.2, 0.25) is 0 Å². The third-order valence-corrected chi connectivity index (χ3v) is 7.65. The van der Waals surface area contributed by atoms with Crippen LogP contribution in [0.15, 0.2) is 35.4 Å². The van der Waals surface area contributed by atoms with Crippen LogP contribution in [0, 0.1) is 22.0 Å². The number of halogens is 3. The van der Waals surface area contributed by atoms with Crippen molar-refractivity contribution in [1.29, 1.82) is 0 Å². The molecule has 3 aliphatic rings. The number of alkyl halides is 2. The summed E-state index contributed by atoms with van der Waals surface area (Å²) < 4.78 is 6.39. The number of non-ortho nitro benzene ring substituents is 1. The highest BCUT2D eigenvalue weighted by molar-refractivity contribution is 14.1. The van der Waals surface area contributed by atoms with Crippen LogP contribution in [0.25, 0.3) is 0 Å². The Morgan fingerprint density at radius 2 is 1.82 bits per heavy atom. The molecule has 0 radical (unpaired) electrons. The maximum absolute atomic E-state index is 12.2. The Morgan fingerprint density at radius 3 is 2.36 bits per heavy atom. The molecular weight excluding hydrogens is 535 g/mol. The van der Waals surface area contributed by atoms with Crippen LogP contribution in [-0.4, -0.2) is 24.8 Å². The van der Waals surface area contributed by atoms with E-state index in [9.17, 15) is 14.9 Å². The highest BCUT2D eigenvalue weighted by atomic mass is 127. The van der Waals surface area contributed by atoms with Crippen molar-refractivity contribution >= 4 is 68.4 Å². The maximum atomic E-state index is 12.2. The summed E-state index contributed by atoms with van der Waals surface area (Å²) in [5, 5.41) is 11.2. The molecule has 3 unspecified atom stereocenters. The molecule has 3 aliphatic carbocycles. The Bertz CT molecular complexity index is 653. The maximum Gasteiger partial charge on any atom is 0.338 e. The van der Waals surface area contributed by atoms with E-state index in [4.69, 9.17) is 16.3 Å². The molecule has 22 heavy (non-hydrogen) atoms. The van der Waals surface area contributed by atoms with Gasteiger partial charge in [-0.1, -0.05) is 62.9 Å². The fourth-order valence-corrected chi connectivity index (χ4v) is 7.62. The Hall–Kier alpha value is -0.420. The van der Waals surface area contributed by atoms with Crippen molar-refractivity contribution in [1.82, 2.24) is 0 Å². The quantitative estimate of drug-likeness (QED) is 0.189. The van der Waals surface area contributed by atoms with Crippen LogP contribution < -0.4 is 0 Å². The van der Waals surface area contributed by atoms with E-state index in [-0.39, 0.29) is 17.2 Å². The second-order valence-corrected chi connectivity index (χ2v) is 8.54. The SMILES string of the molecule is O=C(O[C@H]1C(Cl)=CC2C(I)C1[C@@H]2I)c1ccc([N+](=O)[O-])cc1. The topological polar surface area (TPSA) is 69.4 Å². The Balaban J connectivity index is 1.75. The number of carbonyl (C=O) groups is 1. The predicted molar refractivity (Wildman–Crippen MR) is 98.8 cm³/mol. The van der Waals surface area contributed by atoms with Crippen LogP contribution in [0.5, 0.6) is 0 Å². The Kier molecular flexibility index (Phi) is 4.66. The van der Waals surface area contributed by atoms with E-state index in [1.807, 2.05) is 6.08 Å². The molecule has 0 aromatic heterocycles. The molecule has 0 spiro atoms. The first-order chi connectivity index (χ1) is 10.4. The number of carbonyl (C=O) groups excluding carboxylic acids is 1. The normalized spacial score (nSPS) is 32.7. The molecular formula is C14H10ClI2NO4. The minimum atomic E-state index is -0.510. The lowest BCUT2D eigenvalue weighted by Crippen LogP contribution is -2.57. The van der Waals surface area contributed by atoms with Crippen molar-refractivity contribution in [2.75, 3.05) is 0 Å². The van der Waals surface area contributed by atoms with Crippen LogP contribution in [0.3, 0.4) is 0 Å². The monoisotopic (exact) mass is 545 g/mol. The minimum absolute atomic E-state index is 0.0615. The van der Waals surface area contributed by atoms with Crippen molar-refractivity contribution in [2.45, 2.75) is 14.0 Å². The zero-order valence-corrected chi connectivity index (χ0v) is 16.1. The zero-order valence-electron chi connectivity index (χ0n) is 11.0. The number of fused-ring (bicyclic) bond motifs is 1.